The van der Waals surface area contributed by atoms with Gasteiger partial charge in [0.25, 0.3) is 0 Å². The number of benzene rings is 1. The van der Waals surface area contributed by atoms with Crippen molar-refractivity contribution >= 4 is 108 Å². The van der Waals surface area contributed by atoms with Crippen molar-refractivity contribution in [1.82, 2.24) is 15.0 Å². The molecule has 0 atom stereocenters. The van der Waals surface area contributed by atoms with E-state index in [9.17, 15) is 0 Å². The fourth-order valence-electron chi connectivity index (χ4n) is 1.61. The lowest BCUT2D eigenvalue weighted by Gasteiger charge is -2.16. The molecule has 0 amide bonds. The molecule has 0 saturated heterocycles. The third-order valence-corrected chi connectivity index (χ3v) is 4.83. The maximum Gasteiger partial charge on any atom is 0.194 e. The number of aromatic nitrogens is 3. The van der Waals surface area contributed by atoms with Crippen LogP contribution in [-0.4, -0.2) is 22.1 Å². The summed E-state index contributed by atoms with van der Waals surface area (Å²) in [6.45, 7) is 0. The number of ether oxygens (including phenoxy) is 1. The van der Waals surface area contributed by atoms with Crippen LogP contribution in [0.2, 0.25) is 0 Å². The number of halogens is 6. The molecule has 0 N–H and O–H groups in total. The topological polar surface area (TPSA) is 47.9 Å². The van der Waals surface area contributed by atoms with Crippen LogP contribution in [-0.2, 0) is 4.29 Å². The summed E-state index contributed by atoms with van der Waals surface area (Å²) >= 11 is 20.6. The van der Waals surface area contributed by atoms with Gasteiger partial charge in [0.05, 0.1) is 7.11 Å². The van der Waals surface area contributed by atoms with Gasteiger partial charge in [-0.2, -0.15) is 0 Å². The first kappa shape index (κ1) is 21.0. The summed E-state index contributed by atoms with van der Waals surface area (Å²) in [6, 6.07) is 7.69. The van der Waals surface area contributed by atoms with E-state index in [-0.39, 0.29) is 0 Å². The average Bonchev–Trinajstić information content (AvgIpc) is 2.51. The van der Waals surface area contributed by atoms with Crippen molar-refractivity contribution in [3.8, 4) is 5.75 Å². The van der Waals surface area contributed by atoms with E-state index in [1.54, 1.807) is 7.11 Å². The SMILES string of the molecule is COc1ccc(/C=C/c2nc(C(Br)(Br)Br)nc(C(Br)(Br)Br)n2)cc1. The Morgan fingerprint density at radius 1 is 0.792 bits per heavy atom. The quantitative estimate of drug-likeness (QED) is 0.335. The van der Waals surface area contributed by atoms with Crippen LogP contribution in [0.1, 0.15) is 23.0 Å². The Bertz CT molecular complexity index is 705. The van der Waals surface area contributed by atoms with Crippen molar-refractivity contribution < 1.29 is 4.74 Å². The van der Waals surface area contributed by atoms with Crippen molar-refractivity contribution in [1.29, 1.82) is 0 Å². The Morgan fingerprint density at radius 2 is 1.29 bits per heavy atom. The summed E-state index contributed by atoms with van der Waals surface area (Å²) in [5.74, 6) is 2.27. The molecule has 2 rings (SSSR count). The molecule has 0 radical (unpaired) electrons. The summed E-state index contributed by atoms with van der Waals surface area (Å²) in [5, 5.41) is 0. The summed E-state index contributed by atoms with van der Waals surface area (Å²) in [6.07, 6.45) is 3.73. The van der Waals surface area contributed by atoms with Gasteiger partial charge in [-0.15, -0.1) is 0 Å². The van der Waals surface area contributed by atoms with E-state index in [1.807, 2.05) is 36.4 Å². The molecule has 0 unspecified atom stereocenters. The first-order valence-corrected chi connectivity index (χ1v) is 11.1. The van der Waals surface area contributed by atoms with Gasteiger partial charge in [0.15, 0.2) is 21.8 Å². The zero-order chi connectivity index (χ0) is 18.0. The number of alkyl halides is 6. The molecule has 1 aromatic carbocycles. The first-order chi connectivity index (χ1) is 11.1. The molecule has 0 fully saturated rings. The molecule has 4 nitrogen and oxygen atoms in total. The molecule has 0 bridgehead atoms. The number of methoxy groups -OCH3 is 1. The van der Waals surface area contributed by atoms with Gasteiger partial charge in [-0.3, -0.25) is 0 Å². The van der Waals surface area contributed by atoms with Crippen LogP contribution in [0.5, 0.6) is 5.75 Å². The van der Waals surface area contributed by atoms with E-state index < -0.39 is 4.29 Å². The molecule has 2 aromatic rings. The van der Waals surface area contributed by atoms with Crippen molar-refractivity contribution in [3.05, 3.63) is 47.3 Å². The van der Waals surface area contributed by atoms with Crippen LogP contribution in [0.4, 0.5) is 0 Å². The van der Waals surface area contributed by atoms with Crippen LogP contribution in [0.25, 0.3) is 12.2 Å². The molecular formula is C14H9Br6N3O. The van der Waals surface area contributed by atoms with E-state index in [0.29, 0.717) is 17.5 Å². The molecule has 1 aromatic heterocycles. The second kappa shape index (κ2) is 8.56. The smallest absolute Gasteiger partial charge is 0.194 e. The third-order valence-electron chi connectivity index (χ3n) is 2.70. The number of rotatable bonds is 3. The second-order valence-corrected chi connectivity index (χ2v) is 18.0. The van der Waals surface area contributed by atoms with Crippen molar-refractivity contribution in [2.75, 3.05) is 7.11 Å². The summed E-state index contributed by atoms with van der Waals surface area (Å²) in [7, 11) is 1.64. The summed E-state index contributed by atoms with van der Waals surface area (Å²) in [4.78, 5) is 13.3. The molecule has 24 heavy (non-hydrogen) atoms. The van der Waals surface area contributed by atoms with Gasteiger partial charge in [-0.25, -0.2) is 15.0 Å². The van der Waals surface area contributed by atoms with E-state index in [0.717, 1.165) is 11.3 Å². The van der Waals surface area contributed by atoms with Crippen LogP contribution < -0.4 is 4.74 Å². The Labute approximate surface area is 190 Å². The van der Waals surface area contributed by atoms with Gasteiger partial charge >= 0.3 is 0 Å². The minimum atomic E-state index is -0.744. The maximum atomic E-state index is 5.15. The minimum Gasteiger partial charge on any atom is -0.497 e. The van der Waals surface area contributed by atoms with Gasteiger partial charge in [-0.05, 0) is 23.8 Å². The normalized spacial score (nSPS) is 12.6. The Kier molecular flexibility index (Phi) is 7.47. The van der Waals surface area contributed by atoms with Gasteiger partial charge in [0, 0.05) is 0 Å². The van der Waals surface area contributed by atoms with Gasteiger partial charge in [-0.1, -0.05) is 114 Å². The molecule has 0 aliphatic carbocycles. The van der Waals surface area contributed by atoms with Crippen LogP contribution >= 0.6 is 95.6 Å². The highest BCUT2D eigenvalue weighted by molar-refractivity contribution is 9.39. The van der Waals surface area contributed by atoms with Gasteiger partial charge in [0.2, 0.25) is 0 Å². The standard InChI is InChI=1S/C14H9Br6N3O/c1-24-9-5-2-8(3-6-9)4-7-10-21-11(13(15,16)17)23-12(22-10)14(18,19)20/h2-7H,1H3/b7-4+. The summed E-state index contributed by atoms with van der Waals surface area (Å²) < 4.78 is 3.66. The zero-order valence-corrected chi connectivity index (χ0v) is 21.5. The molecular weight excluding hydrogens is 706 g/mol. The molecule has 0 aliphatic rings. The van der Waals surface area contributed by atoms with Crippen LogP contribution in [0.3, 0.4) is 0 Å². The molecule has 10 heteroatoms. The zero-order valence-electron chi connectivity index (χ0n) is 12.0. The predicted molar refractivity (Wildman–Crippen MR) is 119 cm³/mol. The van der Waals surface area contributed by atoms with Crippen molar-refractivity contribution in [2.45, 2.75) is 4.29 Å². The largest absolute Gasteiger partial charge is 0.497 e. The number of nitrogens with zero attached hydrogens (tertiary/aromatic N) is 3. The van der Waals surface area contributed by atoms with E-state index >= 15 is 0 Å². The molecule has 0 spiro atoms. The van der Waals surface area contributed by atoms with E-state index in [1.165, 1.54) is 0 Å². The lowest BCUT2D eigenvalue weighted by molar-refractivity contribution is 0.415. The van der Waals surface area contributed by atoms with Crippen molar-refractivity contribution in [3.63, 3.8) is 0 Å². The van der Waals surface area contributed by atoms with Crippen LogP contribution in [0.15, 0.2) is 24.3 Å². The third kappa shape index (κ3) is 6.12. The molecule has 1 heterocycles. The monoisotopic (exact) mass is 709 g/mol. The highest BCUT2D eigenvalue weighted by Crippen LogP contribution is 2.46. The van der Waals surface area contributed by atoms with E-state index in [2.05, 4.69) is 111 Å². The predicted octanol–water partition coefficient (Wildman–Crippen LogP) is 6.64. The van der Waals surface area contributed by atoms with Gasteiger partial charge in [0.1, 0.15) is 5.75 Å². The average molecular weight is 715 g/mol. The highest BCUT2D eigenvalue weighted by Gasteiger charge is 2.31. The fraction of sp³-hybridized carbons (Fsp3) is 0.214. The lowest BCUT2D eigenvalue weighted by atomic mass is 10.2. The Hall–Kier alpha value is 0.650. The first-order valence-electron chi connectivity index (χ1n) is 6.32. The molecule has 0 aliphatic heterocycles. The second-order valence-electron chi connectivity index (χ2n) is 4.44. The summed E-state index contributed by atoms with van der Waals surface area (Å²) in [5.41, 5.74) is 1.00. The minimum absolute atomic E-state index is 0.476. The van der Waals surface area contributed by atoms with Gasteiger partial charge < -0.3 is 4.74 Å². The maximum absolute atomic E-state index is 5.15. The van der Waals surface area contributed by atoms with E-state index in [4.69, 9.17) is 4.74 Å². The lowest BCUT2D eigenvalue weighted by Crippen LogP contribution is -2.15. The van der Waals surface area contributed by atoms with Crippen molar-refractivity contribution in [2.24, 2.45) is 0 Å². The molecule has 0 saturated carbocycles. The highest BCUT2D eigenvalue weighted by atomic mass is 80.0. The Balaban J connectivity index is 2.39. The van der Waals surface area contributed by atoms with Crippen LogP contribution in [0, 0.1) is 0 Å². The fourth-order valence-corrected chi connectivity index (χ4v) is 2.67. The number of hydrogen-bond acceptors (Lipinski definition) is 4. The molecule has 128 valence electrons. The Morgan fingerprint density at radius 3 is 1.71 bits per heavy atom. The number of hydrogen-bond donors (Lipinski definition) is 0.